The van der Waals surface area contributed by atoms with Gasteiger partial charge in [-0.25, -0.2) is 4.98 Å². The van der Waals surface area contributed by atoms with Crippen LogP contribution in [0.1, 0.15) is 31.2 Å². The summed E-state index contributed by atoms with van der Waals surface area (Å²) in [6.07, 6.45) is 0.764. The van der Waals surface area contributed by atoms with Crippen LogP contribution in [0.15, 0.2) is 34.2 Å². The van der Waals surface area contributed by atoms with Crippen LogP contribution in [0.25, 0.3) is 15.9 Å². The number of thioether (sulfide) groups is 1. The van der Waals surface area contributed by atoms with Crippen LogP contribution in [0.3, 0.4) is 0 Å². The van der Waals surface area contributed by atoms with E-state index in [-0.39, 0.29) is 17.6 Å². The Labute approximate surface area is 194 Å². The van der Waals surface area contributed by atoms with Crippen molar-refractivity contribution < 1.29 is 19.0 Å². The quantitative estimate of drug-likeness (QED) is 0.301. The van der Waals surface area contributed by atoms with E-state index in [2.05, 4.69) is 13.8 Å². The molecule has 3 heterocycles. The third-order valence-corrected chi connectivity index (χ3v) is 7.73. The van der Waals surface area contributed by atoms with Gasteiger partial charge in [0.15, 0.2) is 5.16 Å². The molecule has 2 atom stereocenters. The number of rotatable bonds is 6. The minimum atomic E-state index is -0.517. The number of aromatic nitrogens is 2. The molecule has 0 spiro atoms. The second-order valence-electron chi connectivity index (χ2n) is 8.00. The van der Waals surface area contributed by atoms with E-state index in [0.29, 0.717) is 45.8 Å². The number of hydrogen-bond acceptors (Lipinski definition) is 8. The van der Waals surface area contributed by atoms with Crippen LogP contribution in [0.2, 0.25) is 0 Å². The third kappa shape index (κ3) is 4.16. The van der Waals surface area contributed by atoms with Crippen LogP contribution < -0.4 is 10.3 Å². The van der Waals surface area contributed by atoms with Gasteiger partial charge >= 0.3 is 5.97 Å². The van der Waals surface area contributed by atoms with Gasteiger partial charge in [-0.2, -0.15) is 0 Å². The van der Waals surface area contributed by atoms with Gasteiger partial charge in [-0.15, -0.1) is 11.3 Å². The first-order valence-corrected chi connectivity index (χ1v) is 12.1. The van der Waals surface area contributed by atoms with E-state index in [0.717, 1.165) is 10.4 Å². The smallest absolute Gasteiger partial charge is 0.318 e. The van der Waals surface area contributed by atoms with Gasteiger partial charge in [0.05, 0.1) is 38.0 Å². The van der Waals surface area contributed by atoms with Crippen molar-refractivity contribution in [1.29, 1.82) is 0 Å². The summed E-state index contributed by atoms with van der Waals surface area (Å²) in [5.74, 6) is 0.674. The molecule has 1 aliphatic heterocycles. The molecule has 0 radical (unpaired) electrons. The Bertz CT molecular complexity index is 1200. The van der Waals surface area contributed by atoms with E-state index < -0.39 is 5.25 Å². The molecular formula is C23H26N2O5S2. The lowest BCUT2D eigenvalue weighted by Crippen LogP contribution is -2.28. The summed E-state index contributed by atoms with van der Waals surface area (Å²) in [6.45, 7) is 6.48. The lowest BCUT2D eigenvalue weighted by Gasteiger charge is -2.26. The van der Waals surface area contributed by atoms with Gasteiger partial charge in [-0.05, 0) is 42.7 Å². The number of carbonyl (C=O) groups is 1. The Kier molecular flexibility index (Phi) is 6.60. The van der Waals surface area contributed by atoms with Crippen LogP contribution in [-0.2, 0) is 27.3 Å². The molecule has 32 heavy (non-hydrogen) atoms. The van der Waals surface area contributed by atoms with Gasteiger partial charge in [0.2, 0.25) is 0 Å². The molecule has 2 aromatic heterocycles. The molecule has 0 amide bonds. The molecule has 0 saturated carbocycles. The molecule has 170 valence electrons. The summed E-state index contributed by atoms with van der Waals surface area (Å²) in [4.78, 5) is 32.5. The molecule has 1 aliphatic rings. The largest absolute Gasteiger partial charge is 0.497 e. The fourth-order valence-electron chi connectivity index (χ4n) is 3.75. The maximum absolute atomic E-state index is 13.9. The molecule has 0 fully saturated rings. The van der Waals surface area contributed by atoms with Crippen molar-refractivity contribution in [3.8, 4) is 11.4 Å². The molecule has 0 aliphatic carbocycles. The van der Waals surface area contributed by atoms with Crippen LogP contribution in [-0.4, -0.2) is 41.1 Å². The standard InChI is InChI=1S/C23H26N2O5S2/c1-12(2)17-10-16-18(11-30-17)32-20-19(16)21(26)25(14-6-8-15(28-4)9-7-14)23(24-20)31-13(3)22(27)29-5/h6-9,12-13,17H,10-11H2,1-5H3. The molecule has 7 nitrogen and oxygen atoms in total. The van der Waals surface area contributed by atoms with Gasteiger partial charge < -0.3 is 14.2 Å². The zero-order valence-electron chi connectivity index (χ0n) is 18.7. The lowest BCUT2D eigenvalue weighted by molar-refractivity contribution is -0.139. The first-order chi connectivity index (χ1) is 15.3. The first kappa shape index (κ1) is 22.8. The number of carbonyl (C=O) groups excluding carboxylic acids is 1. The number of methoxy groups -OCH3 is 2. The number of benzene rings is 1. The van der Waals surface area contributed by atoms with E-state index in [1.165, 1.54) is 30.2 Å². The highest BCUT2D eigenvalue weighted by molar-refractivity contribution is 8.00. The van der Waals surface area contributed by atoms with Gasteiger partial charge in [0, 0.05) is 11.3 Å². The summed E-state index contributed by atoms with van der Waals surface area (Å²) >= 11 is 2.70. The highest BCUT2D eigenvalue weighted by atomic mass is 32.2. The SMILES string of the molecule is COC(=O)C(C)Sc1nc2sc3c(c2c(=O)n1-c1ccc(OC)cc1)CC(C(C)C)OC3. The number of esters is 1. The molecule has 2 unspecified atom stereocenters. The Balaban J connectivity index is 1.91. The second kappa shape index (κ2) is 9.25. The van der Waals surface area contributed by atoms with Crippen molar-refractivity contribution in [3.63, 3.8) is 0 Å². The number of fused-ring (bicyclic) bond motifs is 3. The van der Waals surface area contributed by atoms with Crippen LogP contribution in [0.4, 0.5) is 0 Å². The number of hydrogen-bond donors (Lipinski definition) is 0. The topological polar surface area (TPSA) is 79.7 Å². The number of ether oxygens (including phenoxy) is 3. The molecule has 0 saturated heterocycles. The minimum Gasteiger partial charge on any atom is -0.497 e. The summed E-state index contributed by atoms with van der Waals surface area (Å²) in [6, 6.07) is 7.24. The van der Waals surface area contributed by atoms with Crippen molar-refractivity contribution >= 4 is 39.3 Å². The molecule has 9 heteroatoms. The van der Waals surface area contributed by atoms with E-state index in [9.17, 15) is 9.59 Å². The van der Waals surface area contributed by atoms with Crippen LogP contribution in [0.5, 0.6) is 5.75 Å². The molecular weight excluding hydrogens is 448 g/mol. The Hall–Kier alpha value is -2.36. The Morgan fingerprint density at radius 2 is 1.97 bits per heavy atom. The van der Waals surface area contributed by atoms with Gasteiger partial charge in [-0.1, -0.05) is 25.6 Å². The highest BCUT2D eigenvalue weighted by Crippen LogP contribution is 2.37. The molecule has 1 aromatic carbocycles. The normalized spacial score (nSPS) is 16.8. The fraction of sp³-hybridized carbons (Fsp3) is 0.435. The van der Waals surface area contributed by atoms with Crippen molar-refractivity contribution in [1.82, 2.24) is 9.55 Å². The van der Waals surface area contributed by atoms with Crippen molar-refractivity contribution in [2.45, 2.75) is 50.3 Å². The highest BCUT2D eigenvalue weighted by Gasteiger charge is 2.29. The van der Waals surface area contributed by atoms with Gasteiger partial charge in [0.1, 0.15) is 15.8 Å². The summed E-state index contributed by atoms with van der Waals surface area (Å²) in [5.41, 5.74) is 1.56. The zero-order chi connectivity index (χ0) is 23.0. The fourth-order valence-corrected chi connectivity index (χ4v) is 5.86. The molecule has 3 aromatic rings. The van der Waals surface area contributed by atoms with Crippen molar-refractivity contribution in [2.75, 3.05) is 14.2 Å². The van der Waals surface area contributed by atoms with Crippen LogP contribution in [0, 0.1) is 5.92 Å². The minimum absolute atomic E-state index is 0.0718. The van der Waals surface area contributed by atoms with Crippen molar-refractivity contribution in [2.24, 2.45) is 5.92 Å². The Morgan fingerprint density at radius 3 is 2.59 bits per heavy atom. The van der Waals surface area contributed by atoms with E-state index in [1.807, 2.05) is 12.1 Å². The predicted molar refractivity (Wildman–Crippen MR) is 126 cm³/mol. The maximum Gasteiger partial charge on any atom is 0.318 e. The van der Waals surface area contributed by atoms with Gasteiger partial charge in [0.25, 0.3) is 5.56 Å². The monoisotopic (exact) mass is 474 g/mol. The average molecular weight is 475 g/mol. The van der Waals surface area contributed by atoms with E-state index >= 15 is 0 Å². The van der Waals surface area contributed by atoms with E-state index in [4.69, 9.17) is 19.2 Å². The number of nitrogens with zero attached hydrogens (tertiary/aromatic N) is 2. The van der Waals surface area contributed by atoms with Crippen molar-refractivity contribution in [3.05, 3.63) is 45.1 Å². The Morgan fingerprint density at radius 1 is 1.25 bits per heavy atom. The predicted octanol–water partition coefficient (Wildman–Crippen LogP) is 4.21. The first-order valence-electron chi connectivity index (χ1n) is 10.4. The average Bonchev–Trinajstić information content (AvgIpc) is 3.16. The number of thiophene rings is 1. The van der Waals surface area contributed by atoms with Gasteiger partial charge in [-0.3, -0.25) is 14.2 Å². The zero-order valence-corrected chi connectivity index (χ0v) is 20.3. The van der Waals surface area contributed by atoms with Crippen LogP contribution >= 0.6 is 23.1 Å². The molecule has 0 bridgehead atoms. The van der Waals surface area contributed by atoms with E-state index in [1.54, 1.807) is 30.7 Å². The molecule has 4 rings (SSSR count). The molecule has 0 N–H and O–H groups in total. The maximum atomic E-state index is 13.9. The summed E-state index contributed by atoms with van der Waals surface area (Å²) < 4.78 is 17.7. The third-order valence-electron chi connectivity index (χ3n) is 5.60. The lowest BCUT2D eigenvalue weighted by atomic mass is 9.96. The second-order valence-corrected chi connectivity index (χ2v) is 10.4. The summed E-state index contributed by atoms with van der Waals surface area (Å²) in [5, 5.41) is 0.576. The summed E-state index contributed by atoms with van der Waals surface area (Å²) in [7, 11) is 2.95.